The molecule has 19 heavy (non-hydrogen) atoms. The van der Waals surface area contributed by atoms with Gasteiger partial charge in [-0.25, -0.2) is 4.68 Å². The lowest BCUT2D eigenvalue weighted by Crippen LogP contribution is -2.14. The number of hydrogen-bond donors (Lipinski definition) is 1. The van der Waals surface area contributed by atoms with Gasteiger partial charge >= 0.3 is 0 Å². The zero-order valence-electron chi connectivity index (χ0n) is 11.8. The van der Waals surface area contributed by atoms with Crippen molar-refractivity contribution in [3.05, 3.63) is 35.4 Å². The molecule has 0 unspecified atom stereocenters. The molecule has 104 valence electrons. The molecule has 0 aliphatic rings. The zero-order valence-corrected chi connectivity index (χ0v) is 11.8. The van der Waals surface area contributed by atoms with Crippen molar-refractivity contribution in [1.29, 1.82) is 0 Å². The Morgan fingerprint density at radius 2 is 2.32 bits per heavy atom. The largest absolute Gasteiger partial charge is 0.473 e. The van der Waals surface area contributed by atoms with Gasteiger partial charge in [0.1, 0.15) is 12.4 Å². The Kier molecular flexibility index (Phi) is 4.63. The summed E-state index contributed by atoms with van der Waals surface area (Å²) in [6, 6.07) is 3.88. The van der Waals surface area contributed by atoms with Gasteiger partial charge in [-0.15, -0.1) is 0 Å². The molecular weight excluding hydrogens is 242 g/mol. The Morgan fingerprint density at radius 3 is 3.00 bits per heavy atom. The van der Waals surface area contributed by atoms with Crippen molar-refractivity contribution in [1.82, 2.24) is 15.1 Å². The SMILES string of the molecule is CCCNCc1occc1COc1cc(C)nn1C. The van der Waals surface area contributed by atoms with E-state index in [1.807, 2.05) is 26.1 Å². The van der Waals surface area contributed by atoms with Crippen LogP contribution in [0.15, 0.2) is 22.8 Å². The summed E-state index contributed by atoms with van der Waals surface area (Å²) in [6.45, 7) is 6.32. The molecule has 2 aromatic heterocycles. The lowest BCUT2D eigenvalue weighted by molar-refractivity contribution is 0.275. The van der Waals surface area contributed by atoms with Crippen LogP contribution in [-0.4, -0.2) is 16.3 Å². The summed E-state index contributed by atoms with van der Waals surface area (Å²) >= 11 is 0. The van der Waals surface area contributed by atoms with Crippen molar-refractivity contribution in [2.45, 2.75) is 33.4 Å². The van der Waals surface area contributed by atoms with Crippen LogP contribution in [0.5, 0.6) is 5.88 Å². The van der Waals surface area contributed by atoms with Gasteiger partial charge in [-0.05, 0) is 26.0 Å². The zero-order chi connectivity index (χ0) is 13.7. The number of aromatic nitrogens is 2. The topological polar surface area (TPSA) is 52.2 Å². The summed E-state index contributed by atoms with van der Waals surface area (Å²) in [6.07, 6.45) is 2.82. The van der Waals surface area contributed by atoms with Gasteiger partial charge in [0.2, 0.25) is 5.88 Å². The van der Waals surface area contributed by atoms with Crippen LogP contribution < -0.4 is 10.1 Å². The van der Waals surface area contributed by atoms with Crippen LogP contribution in [0, 0.1) is 6.92 Å². The first-order chi connectivity index (χ1) is 9.20. The third-order valence-electron chi connectivity index (χ3n) is 2.88. The number of nitrogens with zero attached hydrogens (tertiary/aromatic N) is 2. The number of aryl methyl sites for hydroxylation is 2. The first kappa shape index (κ1) is 13.7. The summed E-state index contributed by atoms with van der Waals surface area (Å²) in [5.74, 6) is 1.71. The number of nitrogens with one attached hydrogen (secondary N) is 1. The molecule has 1 N–H and O–H groups in total. The van der Waals surface area contributed by atoms with Crippen molar-refractivity contribution in [3.8, 4) is 5.88 Å². The van der Waals surface area contributed by atoms with Gasteiger partial charge in [-0.3, -0.25) is 0 Å². The van der Waals surface area contributed by atoms with Crippen LogP contribution in [0.4, 0.5) is 0 Å². The predicted octanol–water partition coefficient (Wildman–Crippen LogP) is 2.40. The second-order valence-corrected chi connectivity index (χ2v) is 4.58. The van der Waals surface area contributed by atoms with Crippen LogP contribution in [0.3, 0.4) is 0 Å². The fraction of sp³-hybridized carbons (Fsp3) is 0.500. The monoisotopic (exact) mass is 263 g/mol. The third kappa shape index (κ3) is 3.61. The molecule has 0 radical (unpaired) electrons. The van der Waals surface area contributed by atoms with Crippen molar-refractivity contribution in [2.75, 3.05) is 6.54 Å². The van der Waals surface area contributed by atoms with Gasteiger partial charge in [-0.1, -0.05) is 6.92 Å². The van der Waals surface area contributed by atoms with E-state index in [4.69, 9.17) is 9.15 Å². The quantitative estimate of drug-likeness (QED) is 0.779. The number of ether oxygens (including phenoxy) is 1. The molecular formula is C14H21N3O2. The molecule has 0 saturated heterocycles. The highest BCUT2D eigenvalue weighted by atomic mass is 16.5. The molecule has 0 spiro atoms. The van der Waals surface area contributed by atoms with Gasteiger partial charge in [0.05, 0.1) is 18.5 Å². The average Bonchev–Trinajstić information content (AvgIpc) is 2.94. The highest BCUT2D eigenvalue weighted by molar-refractivity contribution is 5.19. The van der Waals surface area contributed by atoms with E-state index in [2.05, 4.69) is 17.3 Å². The van der Waals surface area contributed by atoms with Crippen LogP contribution in [0.25, 0.3) is 0 Å². The maximum atomic E-state index is 5.76. The van der Waals surface area contributed by atoms with Gasteiger partial charge < -0.3 is 14.5 Å². The molecule has 0 saturated carbocycles. The number of hydrogen-bond acceptors (Lipinski definition) is 4. The smallest absolute Gasteiger partial charge is 0.212 e. The Labute approximate surface area is 113 Å². The van der Waals surface area contributed by atoms with E-state index in [1.54, 1.807) is 10.9 Å². The van der Waals surface area contributed by atoms with Crippen molar-refractivity contribution >= 4 is 0 Å². The van der Waals surface area contributed by atoms with E-state index in [9.17, 15) is 0 Å². The van der Waals surface area contributed by atoms with E-state index in [-0.39, 0.29) is 0 Å². The standard InChI is InChI=1S/C14H21N3O2/c1-4-6-15-9-13-12(5-7-18-13)10-19-14-8-11(2)16-17(14)3/h5,7-8,15H,4,6,9-10H2,1-3H3. The maximum absolute atomic E-state index is 5.76. The summed E-state index contributed by atoms with van der Waals surface area (Å²) < 4.78 is 13.0. The molecule has 0 fully saturated rings. The van der Waals surface area contributed by atoms with Crippen LogP contribution in [0.2, 0.25) is 0 Å². The first-order valence-corrected chi connectivity index (χ1v) is 6.60. The Balaban J connectivity index is 1.92. The van der Waals surface area contributed by atoms with Gasteiger partial charge in [0, 0.05) is 18.7 Å². The molecule has 0 bridgehead atoms. The Morgan fingerprint density at radius 1 is 1.47 bits per heavy atom. The van der Waals surface area contributed by atoms with Crippen LogP contribution >= 0.6 is 0 Å². The molecule has 0 atom stereocenters. The molecule has 0 aromatic carbocycles. The van der Waals surface area contributed by atoms with Gasteiger partial charge in [0.15, 0.2) is 0 Å². The molecule has 0 amide bonds. The van der Waals surface area contributed by atoms with Gasteiger partial charge in [0.25, 0.3) is 0 Å². The maximum Gasteiger partial charge on any atom is 0.212 e. The lowest BCUT2D eigenvalue weighted by Gasteiger charge is -2.06. The first-order valence-electron chi connectivity index (χ1n) is 6.60. The van der Waals surface area contributed by atoms with E-state index in [1.165, 1.54) is 0 Å². The molecule has 2 aromatic rings. The summed E-state index contributed by atoms with van der Waals surface area (Å²) in [7, 11) is 1.88. The second kappa shape index (κ2) is 6.43. The molecule has 0 aliphatic heterocycles. The van der Waals surface area contributed by atoms with E-state index < -0.39 is 0 Å². The minimum Gasteiger partial charge on any atom is -0.473 e. The van der Waals surface area contributed by atoms with Gasteiger partial charge in [-0.2, -0.15) is 5.10 Å². The molecule has 0 aliphatic carbocycles. The lowest BCUT2D eigenvalue weighted by atomic mass is 10.2. The fourth-order valence-electron chi connectivity index (χ4n) is 1.90. The predicted molar refractivity (Wildman–Crippen MR) is 73.0 cm³/mol. The van der Waals surface area contributed by atoms with Crippen LogP contribution in [0.1, 0.15) is 30.4 Å². The normalized spacial score (nSPS) is 10.9. The fourth-order valence-corrected chi connectivity index (χ4v) is 1.90. The molecule has 2 heterocycles. The minimum absolute atomic E-state index is 0.499. The molecule has 2 rings (SSSR count). The highest BCUT2D eigenvalue weighted by Gasteiger charge is 2.08. The van der Waals surface area contributed by atoms with Crippen molar-refractivity contribution in [3.63, 3.8) is 0 Å². The minimum atomic E-state index is 0.499. The van der Waals surface area contributed by atoms with Crippen molar-refractivity contribution in [2.24, 2.45) is 7.05 Å². The number of furan rings is 1. The Hall–Kier alpha value is -1.75. The van der Waals surface area contributed by atoms with E-state index in [0.717, 1.165) is 42.4 Å². The molecule has 5 heteroatoms. The summed E-state index contributed by atoms with van der Waals surface area (Å²) in [5, 5.41) is 7.57. The second-order valence-electron chi connectivity index (χ2n) is 4.58. The van der Waals surface area contributed by atoms with E-state index in [0.29, 0.717) is 6.61 Å². The molecule has 5 nitrogen and oxygen atoms in total. The highest BCUT2D eigenvalue weighted by Crippen LogP contribution is 2.16. The van der Waals surface area contributed by atoms with Crippen molar-refractivity contribution < 1.29 is 9.15 Å². The third-order valence-corrected chi connectivity index (χ3v) is 2.88. The summed E-state index contributed by atoms with van der Waals surface area (Å²) in [4.78, 5) is 0. The summed E-state index contributed by atoms with van der Waals surface area (Å²) in [5.41, 5.74) is 2.02. The number of rotatable bonds is 7. The van der Waals surface area contributed by atoms with Crippen LogP contribution in [-0.2, 0) is 20.2 Å². The average molecular weight is 263 g/mol. The Bertz CT molecular complexity index is 516. The van der Waals surface area contributed by atoms with E-state index >= 15 is 0 Å².